The minimum Gasteiger partial charge on any atom is -0.466 e. The van der Waals surface area contributed by atoms with Crippen molar-refractivity contribution in [2.75, 3.05) is 13.2 Å². The zero-order valence-electron chi connectivity index (χ0n) is 38.8. The van der Waals surface area contributed by atoms with E-state index in [1.54, 1.807) is 0 Å². The van der Waals surface area contributed by atoms with Gasteiger partial charge in [-0.3, -0.25) is 9.59 Å². The Labute approximate surface area is 361 Å². The Morgan fingerprint density at radius 1 is 0.483 bits per heavy atom. The Kier molecular flexibility index (Phi) is 46.6. The number of aliphatic hydroxyl groups excluding tert-OH is 2. The zero-order chi connectivity index (χ0) is 42.3. The van der Waals surface area contributed by atoms with Crippen molar-refractivity contribution in [3.05, 3.63) is 24.3 Å². The third kappa shape index (κ3) is 43.9. The van der Waals surface area contributed by atoms with Gasteiger partial charge in [-0.15, -0.1) is 0 Å². The standard InChI is InChI=1S/C52H99NO5/c1-3-5-7-9-11-13-14-22-26-30-34-38-42-46-52(57)58-47-43-39-35-31-27-24-21-19-17-15-16-18-20-23-25-29-33-37-41-45-51(56)53-49(48-54)50(55)44-40-36-32-28-12-10-8-6-4-2/h7,9,13-14,49-50,54-55H,3-6,8,10-12,15-48H2,1-2H3,(H,53,56)/b9-7-,14-13-. The maximum Gasteiger partial charge on any atom is 0.305 e. The highest BCUT2D eigenvalue weighted by atomic mass is 16.5. The molecule has 0 saturated carbocycles. The largest absolute Gasteiger partial charge is 0.466 e. The summed E-state index contributed by atoms with van der Waals surface area (Å²) in [5, 5.41) is 23.1. The van der Waals surface area contributed by atoms with E-state index in [4.69, 9.17) is 4.74 Å². The average Bonchev–Trinajstić information content (AvgIpc) is 3.22. The van der Waals surface area contributed by atoms with Crippen LogP contribution in [0.25, 0.3) is 0 Å². The van der Waals surface area contributed by atoms with Gasteiger partial charge in [-0.05, 0) is 51.4 Å². The van der Waals surface area contributed by atoms with Gasteiger partial charge in [0, 0.05) is 12.8 Å². The molecular weight excluding hydrogens is 719 g/mol. The molecule has 0 saturated heterocycles. The number of rotatable bonds is 47. The van der Waals surface area contributed by atoms with Crippen LogP contribution in [-0.2, 0) is 14.3 Å². The van der Waals surface area contributed by atoms with Crippen LogP contribution in [0.15, 0.2) is 24.3 Å². The molecule has 0 aromatic carbocycles. The van der Waals surface area contributed by atoms with Crippen molar-refractivity contribution in [3.8, 4) is 0 Å². The van der Waals surface area contributed by atoms with Gasteiger partial charge in [0.05, 0.1) is 25.4 Å². The summed E-state index contributed by atoms with van der Waals surface area (Å²) in [5.74, 6) is -0.0477. The highest BCUT2D eigenvalue weighted by molar-refractivity contribution is 5.76. The predicted molar refractivity (Wildman–Crippen MR) is 250 cm³/mol. The van der Waals surface area contributed by atoms with Crippen LogP contribution in [-0.4, -0.2) is 47.4 Å². The van der Waals surface area contributed by atoms with Gasteiger partial charge in [-0.1, -0.05) is 231 Å². The van der Waals surface area contributed by atoms with Crippen molar-refractivity contribution >= 4 is 11.9 Å². The van der Waals surface area contributed by atoms with Gasteiger partial charge in [0.25, 0.3) is 0 Å². The molecule has 0 spiro atoms. The third-order valence-electron chi connectivity index (χ3n) is 11.7. The fourth-order valence-electron chi connectivity index (χ4n) is 7.79. The fraction of sp³-hybridized carbons (Fsp3) is 0.885. The second kappa shape index (κ2) is 48.0. The molecule has 342 valence electrons. The lowest BCUT2D eigenvalue weighted by molar-refractivity contribution is -0.143. The molecular formula is C52H99NO5. The lowest BCUT2D eigenvalue weighted by atomic mass is 10.0. The molecule has 0 fully saturated rings. The molecule has 2 atom stereocenters. The van der Waals surface area contributed by atoms with E-state index in [0.29, 0.717) is 25.9 Å². The lowest BCUT2D eigenvalue weighted by Gasteiger charge is -2.22. The van der Waals surface area contributed by atoms with E-state index >= 15 is 0 Å². The van der Waals surface area contributed by atoms with Crippen molar-refractivity contribution in [1.29, 1.82) is 0 Å². The highest BCUT2D eigenvalue weighted by Gasteiger charge is 2.20. The molecule has 0 aromatic heterocycles. The first-order valence-electron chi connectivity index (χ1n) is 25.6. The van der Waals surface area contributed by atoms with Crippen LogP contribution < -0.4 is 5.32 Å². The van der Waals surface area contributed by atoms with Gasteiger partial charge in [0.15, 0.2) is 0 Å². The Balaban J connectivity index is 3.38. The maximum absolute atomic E-state index is 12.4. The molecule has 58 heavy (non-hydrogen) atoms. The van der Waals surface area contributed by atoms with E-state index in [1.165, 1.54) is 186 Å². The van der Waals surface area contributed by atoms with Gasteiger partial charge in [-0.2, -0.15) is 0 Å². The summed E-state index contributed by atoms with van der Waals surface area (Å²) in [6, 6.07) is -0.541. The summed E-state index contributed by atoms with van der Waals surface area (Å²) < 4.78 is 5.45. The van der Waals surface area contributed by atoms with Crippen molar-refractivity contribution in [1.82, 2.24) is 5.32 Å². The second-order valence-electron chi connectivity index (χ2n) is 17.5. The number of unbranched alkanes of at least 4 members (excludes halogenated alkanes) is 32. The summed E-state index contributed by atoms with van der Waals surface area (Å²) in [7, 11) is 0. The molecule has 0 aliphatic rings. The Morgan fingerprint density at radius 3 is 1.38 bits per heavy atom. The quantitative estimate of drug-likeness (QED) is 0.0323. The van der Waals surface area contributed by atoms with Crippen LogP contribution in [0, 0.1) is 0 Å². The third-order valence-corrected chi connectivity index (χ3v) is 11.7. The average molecular weight is 818 g/mol. The molecule has 2 unspecified atom stereocenters. The number of amides is 1. The summed E-state index contributed by atoms with van der Waals surface area (Å²) in [5.41, 5.74) is 0. The Bertz CT molecular complexity index is 904. The molecule has 0 rings (SSSR count). The number of hydrogen-bond acceptors (Lipinski definition) is 5. The monoisotopic (exact) mass is 818 g/mol. The molecule has 0 aliphatic carbocycles. The van der Waals surface area contributed by atoms with E-state index in [-0.39, 0.29) is 18.5 Å². The van der Waals surface area contributed by atoms with Gasteiger partial charge in [0.2, 0.25) is 5.91 Å². The number of carbonyl (C=O) groups is 2. The van der Waals surface area contributed by atoms with Crippen LogP contribution in [0.3, 0.4) is 0 Å². The molecule has 3 N–H and O–H groups in total. The van der Waals surface area contributed by atoms with Gasteiger partial charge in [-0.25, -0.2) is 0 Å². The molecule has 0 aliphatic heterocycles. The minimum absolute atomic E-state index is 0.00679. The zero-order valence-corrected chi connectivity index (χ0v) is 38.8. The van der Waals surface area contributed by atoms with E-state index < -0.39 is 12.1 Å². The summed E-state index contributed by atoms with van der Waals surface area (Å²) >= 11 is 0. The normalized spacial score (nSPS) is 12.8. The van der Waals surface area contributed by atoms with E-state index in [9.17, 15) is 19.8 Å². The number of esters is 1. The predicted octanol–water partition coefficient (Wildman–Crippen LogP) is 15.1. The second-order valence-corrected chi connectivity index (χ2v) is 17.5. The van der Waals surface area contributed by atoms with Crippen molar-refractivity contribution in [2.24, 2.45) is 0 Å². The first-order chi connectivity index (χ1) is 28.5. The molecule has 0 heterocycles. The van der Waals surface area contributed by atoms with Crippen LogP contribution in [0.5, 0.6) is 0 Å². The van der Waals surface area contributed by atoms with Gasteiger partial charge in [0.1, 0.15) is 0 Å². The molecule has 6 nitrogen and oxygen atoms in total. The first kappa shape index (κ1) is 56.3. The summed E-state index contributed by atoms with van der Waals surface area (Å²) in [6.45, 7) is 4.85. The number of ether oxygens (including phenoxy) is 1. The lowest BCUT2D eigenvalue weighted by Crippen LogP contribution is -2.45. The molecule has 0 aromatic rings. The number of hydrogen-bond donors (Lipinski definition) is 3. The summed E-state index contributed by atoms with van der Waals surface area (Å²) in [4.78, 5) is 24.4. The molecule has 0 bridgehead atoms. The van der Waals surface area contributed by atoms with E-state index in [0.717, 1.165) is 51.4 Å². The van der Waals surface area contributed by atoms with Crippen LogP contribution in [0.2, 0.25) is 0 Å². The van der Waals surface area contributed by atoms with Crippen LogP contribution in [0.4, 0.5) is 0 Å². The van der Waals surface area contributed by atoms with Gasteiger partial charge < -0.3 is 20.3 Å². The SMILES string of the molecule is CCC/C=C\C/C=C\CCCCCCCC(=O)OCCCCCCCCCCCCCCCCCCCCCC(=O)NC(CO)C(O)CCCCCCCCCCC. The van der Waals surface area contributed by atoms with Crippen LogP contribution in [0.1, 0.15) is 271 Å². The Morgan fingerprint density at radius 2 is 0.897 bits per heavy atom. The highest BCUT2D eigenvalue weighted by Crippen LogP contribution is 2.16. The van der Waals surface area contributed by atoms with Crippen molar-refractivity contribution in [2.45, 2.75) is 283 Å². The molecule has 6 heteroatoms. The van der Waals surface area contributed by atoms with E-state index in [1.807, 2.05) is 0 Å². The number of nitrogens with one attached hydrogen (secondary N) is 1. The number of allylic oxidation sites excluding steroid dienone is 4. The number of carbonyl (C=O) groups excluding carboxylic acids is 2. The topological polar surface area (TPSA) is 95.9 Å². The van der Waals surface area contributed by atoms with Crippen LogP contribution >= 0.6 is 0 Å². The Hall–Kier alpha value is -1.66. The fourth-order valence-corrected chi connectivity index (χ4v) is 7.79. The minimum atomic E-state index is -0.663. The van der Waals surface area contributed by atoms with E-state index in [2.05, 4.69) is 43.5 Å². The smallest absolute Gasteiger partial charge is 0.305 e. The molecule has 1 amide bonds. The van der Waals surface area contributed by atoms with Crippen molar-refractivity contribution < 1.29 is 24.5 Å². The van der Waals surface area contributed by atoms with Gasteiger partial charge >= 0.3 is 5.97 Å². The molecule has 0 radical (unpaired) electrons. The van der Waals surface area contributed by atoms with Crippen molar-refractivity contribution in [3.63, 3.8) is 0 Å². The number of aliphatic hydroxyl groups is 2. The summed E-state index contributed by atoms with van der Waals surface area (Å²) in [6.07, 6.45) is 55.8. The maximum atomic E-state index is 12.4. The first-order valence-corrected chi connectivity index (χ1v) is 25.6.